The number of carbonyl (C=O) groups excluding carboxylic acids is 1. The number of hydrogen-bond acceptors (Lipinski definition) is 4. The number of amides is 1. The maximum Gasteiger partial charge on any atom is 0.329 e. The van der Waals surface area contributed by atoms with Gasteiger partial charge in [0.05, 0.1) is 11.6 Å². The Kier molecular flexibility index (Phi) is 5.40. The normalized spacial score (nSPS) is 10.2. The fraction of sp³-hybridized carbons (Fsp3) is 0.400. The number of aryl methyl sites for hydroxylation is 1. The lowest BCUT2D eigenvalue weighted by atomic mass is 10.3. The topological polar surface area (TPSA) is 75.6 Å². The average Bonchev–Trinajstić information content (AvgIpc) is 2.59. The van der Waals surface area contributed by atoms with E-state index in [2.05, 4.69) is 5.32 Å². The van der Waals surface area contributed by atoms with Gasteiger partial charge in [-0.2, -0.15) is 0 Å². The molecule has 0 aliphatic rings. The maximum atomic E-state index is 11.6. The van der Waals surface area contributed by atoms with E-state index in [1.165, 1.54) is 11.3 Å². The Morgan fingerprint density at radius 2 is 2.29 bits per heavy atom. The monoisotopic (exact) mass is 277 g/mol. The van der Waals surface area contributed by atoms with E-state index in [0.29, 0.717) is 9.90 Å². The van der Waals surface area contributed by atoms with Gasteiger partial charge in [0, 0.05) is 6.54 Å². The number of carboxylic acids is 1. The summed E-state index contributed by atoms with van der Waals surface area (Å²) < 4.78 is 4.77. The van der Waals surface area contributed by atoms with Gasteiger partial charge in [-0.05, 0) is 17.9 Å². The van der Waals surface area contributed by atoms with E-state index >= 15 is 0 Å². The van der Waals surface area contributed by atoms with Crippen LogP contribution < -0.4 is 5.32 Å². The van der Waals surface area contributed by atoms with Crippen molar-refractivity contribution >= 4 is 34.8 Å². The molecule has 1 aromatic heterocycles. The van der Waals surface area contributed by atoms with Crippen LogP contribution in [0.2, 0.25) is 5.02 Å². The first-order valence-electron chi connectivity index (χ1n) is 4.83. The van der Waals surface area contributed by atoms with Crippen molar-refractivity contribution in [2.75, 3.05) is 19.8 Å². The van der Waals surface area contributed by atoms with Crippen LogP contribution in [0.15, 0.2) is 5.38 Å². The minimum Gasteiger partial charge on any atom is -0.480 e. The fourth-order valence-corrected chi connectivity index (χ4v) is 2.25. The van der Waals surface area contributed by atoms with Crippen LogP contribution in [0.4, 0.5) is 0 Å². The van der Waals surface area contributed by atoms with Crippen LogP contribution in [0.25, 0.3) is 0 Å². The van der Waals surface area contributed by atoms with Crippen molar-refractivity contribution in [3.05, 3.63) is 20.8 Å². The summed E-state index contributed by atoms with van der Waals surface area (Å²) in [5.41, 5.74) is 0.865. The van der Waals surface area contributed by atoms with Crippen molar-refractivity contribution in [2.24, 2.45) is 0 Å². The van der Waals surface area contributed by atoms with Crippen molar-refractivity contribution in [2.45, 2.75) is 6.92 Å². The van der Waals surface area contributed by atoms with E-state index in [0.717, 1.165) is 5.56 Å². The number of carbonyl (C=O) groups is 2. The zero-order valence-electron chi connectivity index (χ0n) is 9.16. The molecule has 0 saturated heterocycles. The minimum absolute atomic E-state index is 0.153. The van der Waals surface area contributed by atoms with E-state index < -0.39 is 5.97 Å². The summed E-state index contributed by atoms with van der Waals surface area (Å²) in [6, 6.07) is 0. The molecule has 1 heterocycles. The number of carboxylic acid groups (broad SMARTS) is 1. The molecule has 0 spiro atoms. The number of aliphatic carboxylic acids is 1. The molecule has 0 unspecified atom stereocenters. The Labute approximate surface area is 107 Å². The van der Waals surface area contributed by atoms with Gasteiger partial charge in [0.2, 0.25) is 0 Å². The Morgan fingerprint density at radius 3 is 2.82 bits per heavy atom. The zero-order valence-corrected chi connectivity index (χ0v) is 10.7. The quantitative estimate of drug-likeness (QED) is 0.774. The van der Waals surface area contributed by atoms with Crippen molar-refractivity contribution in [1.82, 2.24) is 5.32 Å². The van der Waals surface area contributed by atoms with E-state index in [-0.39, 0.29) is 25.7 Å². The highest BCUT2D eigenvalue weighted by Gasteiger charge is 2.13. The van der Waals surface area contributed by atoms with Crippen molar-refractivity contribution in [3.63, 3.8) is 0 Å². The predicted octanol–water partition coefficient (Wildman–Crippen LogP) is 1.54. The van der Waals surface area contributed by atoms with Crippen molar-refractivity contribution in [1.29, 1.82) is 0 Å². The molecule has 1 aromatic rings. The van der Waals surface area contributed by atoms with Crippen LogP contribution in [-0.2, 0) is 9.53 Å². The number of ether oxygens (including phenoxy) is 1. The highest BCUT2D eigenvalue weighted by atomic mass is 35.5. The Morgan fingerprint density at radius 1 is 1.59 bits per heavy atom. The fourth-order valence-electron chi connectivity index (χ4n) is 1.06. The number of hydrogen-bond donors (Lipinski definition) is 2. The third-order valence-electron chi connectivity index (χ3n) is 1.86. The molecule has 94 valence electrons. The van der Waals surface area contributed by atoms with Crippen LogP contribution in [0, 0.1) is 6.92 Å². The summed E-state index contributed by atoms with van der Waals surface area (Å²) in [4.78, 5) is 22.2. The molecular formula is C10H12ClNO4S. The first kappa shape index (κ1) is 14.0. The summed E-state index contributed by atoms with van der Waals surface area (Å²) in [5.74, 6) is -1.31. The molecule has 0 aliphatic heterocycles. The average molecular weight is 278 g/mol. The van der Waals surface area contributed by atoms with Crippen LogP contribution in [-0.4, -0.2) is 36.7 Å². The predicted molar refractivity (Wildman–Crippen MR) is 64.9 cm³/mol. The third-order valence-corrected chi connectivity index (χ3v) is 3.56. The largest absolute Gasteiger partial charge is 0.480 e. The minimum atomic E-state index is -1.03. The first-order valence-corrected chi connectivity index (χ1v) is 6.09. The Balaban J connectivity index is 2.31. The van der Waals surface area contributed by atoms with Crippen molar-refractivity contribution < 1.29 is 19.4 Å². The molecule has 0 atom stereocenters. The number of rotatable bonds is 6. The molecule has 0 saturated carbocycles. The summed E-state index contributed by atoms with van der Waals surface area (Å²) in [5, 5.41) is 13.2. The van der Waals surface area contributed by atoms with E-state index in [9.17, 15) is 9.59 Å². The second kappa shape index (κ2) is 6.58. The molecule has 2 N–H and O–H groups in total. The van der Waals surface area contributed by atoms with Crippen LogP contribution in [0.1, 0.15) is 15.2 Å². The lowest BCUT2D eigenvalue weighted by Crippen LogP contribution is -2.27. The van der Waals surface area contributed by atoms with Crippen LogP contribution in [0.3, 0.4) is 0 Å². The molecule has 0 bridgehead atoms. The standard InChI is InChI=1S/C10H12ClNO4S/c1-6-5-17-9(8(6)11)10(15)12-2-3-16-4-7(13)14/h5H,2-4H2,1H3,(H,12,15)(H,13,14). The second-order valence-electron chi connectivity index (χ2n) is 3.26. The van der Waals surface area contributed by atoms with Gasteiger partial charge in [-0.1, -0.05) is 11.6 Å². The third kappa shape index (κ3) is 4.33. The van der Waals surface area contributed by atoms with E-state index in [1.54, 1.807) is 5.38 Å². The SMILES string of the molecule is Cc1csc(C(=O)NCCOCC(=O)O)c1Cl. The van der Waals surface area contributed by atoms with Gasteiger partial charge < -0.3 is 15.2 Å². The summed E-state index contributed by atoms with van der Waals surface area (Å²) in [6.07, 6.45) is 0. The lowest BCUT2D eigenvalue weighted by Gasteiger charge is -2.04. The molecule has 0 fully saturated rings. The van der Waals surface area contributed by atoms with Crippen LogP contribution in [0.5, 0.6) is 0 Å². The van der Waals surface area contributed by atoms with Crippen LogP contribution >= 0.6 is 22.9 Å². The van der Waals surface area contributed by atoms with E-state index in [1.807, 2.05) is 6.92 Å². The smallest absolute Gasteiger partial charge is 0.329 e. The second-order valence-corrected chi connectivity index (χ2v) is 4.52. The number of halogens is 1. The highest BCUT2D eigenvalue weighted by Crippen LogP contribution is 2.26. The van der Waals surface area contributed by atoms with Gasteiger partial charge in [0.1, 0.15) is 11.5 Å². The lowest BCUT2D eigenvalue weighted by molar-refractivity contribution is -0.142. The molecule has 0 radical (unpaired) electrons. The molecule has 0 aliphatic carbocycles. The van der Waals surface area contributed by atoms with Gasteiger partial charge in [-0.15, -0.1) is 11.3 Å². The summed E-state index contributed by atoms with van der Waals surface area (Å²) in [6.45, 7) is 1.86. The molecule has 5 nitrogen and oxygen atoms in total. The number of nitrogens with one attached hydrogen (secondary N) is 1. The molecule has 0 aromatic carbocycles. The molecule has 17 heavy (non-hydrogen) atoms. The zero-order chi connectivity index (χ0) is 12.8. The molecule has 7 heteroatoms. The number of thiophene rings is 1. The van der Waals surface area contributed by atoms with Gasteiger partial charge in [0.25, 0.3) is 5.91 Å². The summed E-state index contributed by atoms with van der Waals surface area (Å²) >= 11 is 7.20. The maximum absolute atomic E-state index is 11.6. The molecule has 1 rings (SSSR count). The van der Waals surface area contributed by atoms with Gasteiger partial charge in [-0.25, -0.2) is 4.79 Å². The Bertz CT molecular complexity index is 418. The van der Waals surface area contributed by atoms with E-state index in [4.69, 9.17) is 21.4 Å². The Hall–Kier alpha value is -1.11. The first-order chi connectivity index (χ1) is 8.02. The molecule has 1 amide bonds. The van der Waals surface area contributed by atoms with Gasteiger partial charge >= 0.3 is 5.97 Å². The van der Waals surface area contributed by atoms with Gasteiger partial charge in [0.15, 0.2) is 0 Å². The molecular weight excluding hydrogens is 266 g/mol. The van der Waals surface area contributed by atoms with Gasteiger partial charge in [-0.3, -0.25) is 4.79 Å². The summed E-state index contributed by atoms with van der Waals surface area (Å²) in [7, 11) is 0. The van der Waals surface area contributed by atoms with Crippen molar-refractivity contribution in [3.8, 4) is 0 Å². The highest BCUT2D eigenvalue weighted by molar-refractivity contribution is 7.13.